The Labute approximate surface area is 125 Å². The van der Waals surface area contributed by atoms with E-state index in [1.165, 1.54) is 11.1 Å². The lowest BCUT2D eigenvalue weighted by atomic mass is 10.0. The minimum Gasteiger partial charge on any atom is -0.392 e. The van der Waals surface area contributed by atoms with Gasteiger partial charge in [0.05, 0.1) is 6.61 Å². The van der Waals surface area contributed by atoms with E-state index < -0.39 is 0 Å². The van der Waals surface area contributed by atoms with Gasteiger partial charge in [0.15, 0.2) is 0 Å². The summed E-state index contributed by atoms with van der Waals surface area (Å²) in [7, 11) is 0. The average molecular weight is 290 g/mol. The fraction of sp³-hybridized carbons (Fsp3) is 0.294. The fourth-order valence-corrected chi connectivity index (χ4v) is 2.21. The van der Waals surface area contributed by atoms with E-state index in [0.29, 0.717) is 10.9 Å². The molecular weight excluding hydrogens is 270 g/mol. The number of nitrogens with one attached hydrogen (secondary N) is 1. The van der Waals surface area contributed by atoms with Gasteiger partial charge in [-0.25, -0.2) is 0 Å². The highest BCUT2D eigenvalue weighted by Gasteiger charge is 2.02. The van der Waals surface area contributed by atoms with Crippen LogP contribution in [0.3, 0.4) is 0 Å². The largest absolute Gasteiger partial charge is 0.392 e. The molecule has 2 aromatic carbocycles. The molecule has 0 aliphatic carbocycles. The highest BCUT2D eigenvalue weighted by Crippen LogP contribution is 2.21. The van der Waals surface area contributed by atoms with E-state index in [9.17, 15) is 5.11 Å². The third-order valence-electron chi connectivity index (χ3n) is 3.36. The third kappa shape index (κ3) is 3.75. The molecule has 0 fully saturated rings. The number of halogens is 1. The second kappa shape index (κ2) is 6.78. The Balaban J connectivity index is 2.01. The summed E-state index contributed by atoms with van der Waals surface area (Å²) in [6.45, 7) is 5.09. The molecule has 0 heterocycles. The van der Waals surface area contributed by atoms with Crippen LogP contribution >= 0.6 is 11.6 Å². The molecule has 0 amide bonds. The lowest BCUT2D eigenvalue weighted by Gasteiger charge is -2.10. The van der Waals surface area contributed by atoms with Crippen LogP contribution in [-0.4, -0.2) is 5.11 Å². The smallest absolute Gasteiger partial charge is 0.0697 e. The first-order chi connectivity index (χ1) is 9.60. The molecule has 0 aliphatic heterocycles. The van der Waals surface area contributed by atoms with Crippen molar-refractivity contribution in [1.82, 2.24) is 0 Å². The Bertz CT molecular complexity index is 564. The second-order valence-corrected chi connectivity index (χ2v) is 5.62. The number of benzene rings is 2. The molecule has 0 spiro atoms. The van der Waals surface area contributed by atoms with Gasteiger partial charge in [0.1, 0.15) is 0 Å². The second-order valence-electron chi connectivity index (χ2n) is 5.21. The van der Waals surface area contributed by atoms with Crippen LogP contribution in [0.5, 0.6) is 0 Å². The summed E-state index contributed by atoms with van der Waals surface area (Å²) in [4.78, 5) is 0. The van der Waals surface area contributed by atoms with Crippen LogP contribution in [0.1, 0.15) is 36.5 Å². The van der Waals surface area contributed by atoms with Crippen molar-refractivity contribution in [2.75, 3.05) is 5.32 Å². The highest BCUT2D eigenvalue weighted by molar-refractivity contribution is 6.31. The summed E-state index contributed by atoms with van der Waals surface area (Å²) < 4.78 is 0. The summed E-state index contributed by atoms with van der Waals surface area (Å²) in [6.07, 6.45) is 0. The Morgan fingerprint density at radius 2 is 1.80 bits per heavy atom. The van der Waals surface area contributed by atoms with E-state index in [1.807, 2.05) is 12.1 Å². The van der Waals surface area contributed by atoms with Crippen LogP contribution in [0.15, 0.2) is 42.5 Å². The van der Waals surface area contributed by atoms with Gasteiger partial charge in [-0.1, -0.05) is 49.7 Å². The summed E-state index contributed by atoms with van der Waals surface area (Å²) in [5.41, 5.74) is 4.29. The average Bonchev–Trinajstić information content (AvgIpc) is 2.46. The molecule has 20 heavy (non-hydrogen) atoms. The third-order valence-corrected chi connectivity index (χ3v) is 3.73. The van der Waals surface area contributed by atoms with Crippen molar-refractivity contribution in [3.63, 3.8) is 0 Å². The quantitative estimate of drug-likeness (QED) is 0.845. The van der Waals surface area contributed by atoms with Gasteiger partial charge in [-0.15, -0.1) is 0 Å². The van der Waals surface area contributed by atoms with Gasteiger partial charge in [-0.2, -0.15) is 0 Å². The number of aliphatic hydroxyl groups excluding tert-OH is 1. The van der Waals surface area contributed by atoms with Crippen molar-refractivity contribution >= 4 is 17.3 Å². The molecule has 106 valence electrons. The van der Waals surface area contributed by atoms with Gasteiger partial charge in [0, 0.05) is 17.3 Å². The maximum absolute atomic E-state index is 9.20. The molecule has 2 aromatic rings. The van der Waals surface area contributed by atoms with E-state index in [-0.39, 0.29) is 6.61 Å². The Kier molecular flexibility index (Phi) is 5.05. The molecular formula is C17H20ClNO. The van der Waals surface area contributed by atoms with E-state index in [1.54, 1.807) is 6.07 Å². The van der Waals surface area contributed by atoms with E-state index in [4.69, 9.17) is 11.6 Å². The molecule has 0 aromatic heterocycles. The summed E-state index contributed by atoms with van der Waals surface area (Å²) in [6, 6.07) is 14.2. The lowest BCUT2D eigenvalue weighted by molar-refractivity contribution is 0.282. The minimum atomic E-state index is -0.0442. The first kappa shape index (κ1) is 14.9. The lowest BCUT2D eigenvalue weighted by Crippen LogP contribution is -2.00. The van der Waals surface area contributed by atoms with Gasteiger partial charge < -0.3 is 10.4 Å². The minimum absolute atomic E-state index is 0.0442. The Hall–Kier alpha value is -1.51. The number of hydrogen-bond donors (Lipinski definition) is 2. The normalized spacial score (nSPS) is 10.8. The van der Waals surface area contributed by atoms with Gasteiger partial charge in [0.2, 0.25) is 0 Å². The van der Waals surface area contributed by atoms with Crippen LogP contribution in [0.2, 0.25) is 5.02 Å². The van der Waals surface area contributed by atoms with Gasteiger partial charge >= 0.3 is 0 Å². The van der Waals surface area contributed by atoms with Crippen LogP contribution in [-0.2, 0) is 13.2 Å². The molecule has 3 heteroatoms. The number of anilines is 1. The molecule has 0 saturated heterocycles. The van der Waals surface area contributed by atoms with Crippen LogP contribution in [0, 0.1) is 0 Å². The Morgan fingerprint density at radius 1 is 1.10 bits per heavy atom. The van der Waals surface area contributed by atoms with Crippen LogP contribution < -0.4 is 5.32 Å². The van der Waals surface area contributed by atoms with Crippen LogP contribution in [0.25, 0.3) is 0 Å². The van der Waals surface area contributed by atoms with Gasteiger partial charge in [-0.05, 0) is 40.8 Å². The van der Waals surface area contributed by atoms with Crippen molar-refractivity contribution in [3.05, 3.63) is 64.2 Å². The first-order valence-electron chi connectivity index (χ1n) is 6.82. The fourth-order valence-electron chi connectivity index (χ4n) is 2.03. The molecule has 2 nitrogen and oxygen atoms in total. The number of aliphatic hydroxyl groups is 1. The SMILES string of the molecule is CC(C)c1ccc(CNc2ccc(Cl)c(CO)c2)cc1. The maximum atomic E-state index is 9.20. The summed E-state index contributed by atoms with van der Waals surface area (Å²) in [5.74, 6) is 0.556. The molecule has 0 saturated carbocycles. The summed E-state index contributed by atoms with van der Waals surface area (Å²) >= 11 is 5.97. The monoisotopic (exact) mass is 289 g/mol. The maximum Gasteiger partial charge on any atom is 0.0697 e. The van der Waals surface area contributed by atoms with Crippen molar-refractivity contribution in [2.45, 2.75) is 32.9 Å². The topological polar surface area (TPSA) is 32.3 Å². The first-order valence-corrected chi connectivity index (χ1v) is 7.20. The Morgan fingerprint density at radius 3 is 2.40 bits per heavy atom. The van der Waals surface area contributed by atoms with Crippen LogP contribution in [0.4, 0.5) is 5.69 Å². The predicted octanol–water partition coefficient (Wildman–Crippen LogP) is 4.57. The molecule has 0 radical (unpaired) electrons. The number of hydrogen-bond acceptors (Lipinski definition) is 2. The molecule has 0 bridgehead atoms. The summed E-state index contributed by atoms with van der Waals surface area (Å²) in [5, 5.41) is 13.1. The zero-order chi connectivity index (χ0) is 14.5. The predicted molar refractivity (Wildman–Crippen MR) is 85.2 cm³/mol. The van der Waals surface area contributed by atoms with Crippen molar-refractivity contribution in [2.24, 2.45) is 0 Å². The number of rotatable bonds is 5. The van der Waals surface area contributed by atoms with Crippen molar-refractivity contribution in [3.8, 4) is 0 Å². The van der Waals surface area contributed by atoms with Crippen molar-refractivity contribution < 1.29 is 5.11 Å². The molecule has 0 unspecified atom stereocenters. The molecule has 0 atom stereocenters. The van der Waals surface area contributed by atoms with E-state index in [2.05, 4.69) is 43.4 Å². The van der Waals surface area contributed by atoms with Gasteiger partial charge in [0.25, 0.3) is 0 Å². The highest BCUT2D eigenvalue weighted by atomic mass is 35.5. The van der Waals surface area contributed by atoms with E-state index in [0.717, 1.165) is 17.8 Å². The zero-order valence-corrected chi connectivity index (χ0v) is 12.6. The standard InChI is InChI=1S/C17H20ClNO/c1-12(2)14-5-3-13(4-6-14)10-19-16-7-8-17(18)15(9-16)11-20/h3-9,12,19-20H,10-11H2,1-2H3. The molecule has 0 aliphatic rings. The molecule has 2 N–H and O–H groups in total. The van der Waals surface area contributed by atoms with E-state index >= 15 is 0 Å². The van der Waals surface area contributed by atoms with Gasteiger partial charge in [-0.3, -0.25) is 0 Å². The van der Waals surface area contributed by atoms with Crippen molar-refractivity contribution in [1.29, 1.82) is 0 Å². The zero-order valence-electron chi connectivity index (χ0n) is 11.9. The molecule has 2 rings (SSSR count).